The van der Waals surface area contributed by atoms with Crippen LogP contribution >= 0.6 is 12.2 Å². The molecule has 1 aliphatic rings. The number of aliphatic hydroxyl groups excluding tert-OH is 1. The summed E-state index contributed by atoms with van der Waals surface area (Å²) in [6, 6.07) is -0.296. The topological polar surface area (TPSA) is 75.8 Å². The van der Waals surface area contributed by atoms with E-state index in [1.807, 2.05) is 0 Å². The van der Waals surface area contributed by atoms with Crippen molar-refractivity contribution < 1.29 is 14.6 Å². The Bertz CT molecular complexity index is 294. The van der Waals surface area contributed by atoms with Crippen molar-refractivity contribution in [1.29, 1.82) is 0 Å². The van der Waals surface area contributed by atoms with Gasteiger partial charge in [-0.2, -0.15) is 0 Å². The molecule has 1 atom stereocenters. The predicted octanol–water partition coefficient (Wildman–Crippen LogP) is -0.482. The Morgan fingerprint density at radius 1 is 1.69 bits per heavy atom. The fourth-order valence-electron chi connectivity index (χ4n) is 1.54. The zero-order valence-electron chi connectivity index (χ0n) is 9.60. The van der Waals surface area contributed by atoms with Gasteiger partial charge in [0.25, 0.3) is 0 Å². The molecule has 0 spiro atoms. The zero-order valence-corrected chi connectivity index (χ0v) is 10.4. The molecule has 1 fully saturated rings. The van der Waals surface area contributed by atoms with Gasteiger partial charge in [-0.25, -0.2) is 0 Å². The molecule has 1 amide bonds. The molecule has 5 nitrogen and oxygen atoms in total. The number of thiocarbonyl (C=S) groups is 1. The van der Waals surface area contributed by atoms with E-state index in [1.54, 1.807) is 18.7 Å². The lowest BCUT2D eigenvalue weighted by atomic mass is 9.90. The summed E-state index contributed by atoms with van der Waals surface area (Å²) in [6.07, 6.45) is 0. The summed E-state index contributed by atoms with van der Waals surface area (Å²) in [5.74, 6) is -0.151. The van der Waals surface area contributed by atoms with Crippen LogP contribution in [-0.2, 0) is 9.53 Å². The van der Waals surface area contributed by atoms with Crippen LogP contribution in [0.3, 0.4) is 0 Å². The number of hydrogen-bond acceptors (Lipinski definition) is 4. The number of rotatable bonds is 3. The Balaban J connectivity index is 2.82. The van der Waals surface area contributed by atoms with Crippen molar-refractivity contribution in [3.8, 4) is 0 Å². The van der Waals surface area contributed by atoms with Crippen molar-refractivity contribution in [2.24, 2.45) is 11.1 Å². The van der Waals surface area contributed by atoms with Gasteiger partial charge in [0.2, 0.25) is 5.91 Å². The highest BCUT2D eigenvalue weighted by Gasteiger charge is 2.38. The molecule has 1 unspecified atom stereocenters. The van der Waals surface area contributed by atoms with E-state index in [2.05, 4.69) is 0 Å². The van der Waals surface area contributed by atoms with Gasteiger partial charge in [0.05, 0.1) is 36.3 Å². The van der Waals surface area contributed by atoms with Gasteiger partial charge in [-0.15, -0.1) is 0 Å². The van der Waals surface area contributed by atoms with Gasteiger partial charge in [0.1, 0.15) is 0 Å². The summed E-state index contributed by atoms with van der Waals surface area (Å²) in [4.78, 5) is 14.0. The van der Waals surface area contributed by atoms with Gasteiger partial charge in [0.15, 0.2) is 0 Å². The molecule has 1 heterocycles. The summed E-state index contributed by atoms with van der Waals surface area (Å²) in [7, 11) is 0. The van der Waals surface area contributed by atoms with Crippen molar-refractivity contribution >= 4 is 23.1 Å². The molecule has 0 aromatic heterocycles. The molecule has 0 aromatic rings. The smallest absolute Gasteiger partial charge is 0.235 e. The molecule has 0 bridgehead atoms. The molecule has 0 radical (unpaired) electrons. The first-order valence-corrected chi connectivity index (χ1v) is 5.61. The van der Waals surface area contributed by atoms with E-state index in [0.717, 1.165) is 0 Å². The van der Waals surface area contributed by atoms with Crippen molar-refractivity contribution in [1.82, 2.24) is 4.90 Å². The van der Waals surface area contributed by atoms with Crippen molar-refractivity contribution in [2.45, 2.75) is 19.9 Å². The normalized spacial score (nSPS) is 21.9. The molecular weight excluding hydrogens is 228 g/mol. The first-order valence-electron chi connectivity index (χ1n) is 5.21. The number of aliphatic hydroxyl groups is 1. The fraction of sp³-hybridized carbons (Fsp3) is 0.800. The van der Waals surface area contributed by atoms with Crippen LogP contribution in [0.1, 0.15) is 13.8 Å². The standard InChI is InChI=1S/C10H18N2O3S/c1-10(2,8(11)16)9(14)12-3-4-15-6-7(12)5-13/h7,13H,3-6H2,1-2H3,(H2,11,16). The Kier molecular flexibility index (Phi) is 4.23. The van der Waals surface area contributed by atoms with Crippen LogP contribution in [0.5, 0.6) is 0 Å². The van der Waals surface area contributed by atoms with Crippen LogP contribution in [0.4, 0.5) is 0 Å². The van der Waals surface area contributed by atoms with Crippen LogP contribution in [0.15, 0.2) is 0 Å². The van der Waals surface area contributed by atoms with Crippen molar-refractivity contribution in [2.75, 3.05) is 26.4 Å². The molecule has 1 saturated heterocycles. The average molecular weight is 246 g/mol. The van der Waals surface area contributed by atoms with Gasteiger partial charge >= 0.3 is 0 Å². The number of carbonyl (C=O) groups excluding carboxylic acids is 1. The molecule has 6 heteroatoms. The number of nitrogens with zero attached hydrogens (tertiary/aromatic N) is 1. The lowest BCUT2D eigenvalue weighted by Gasteiger charge is -2.38. The maximum Gasteiger partial charge on any atom is 0.235 e. The second kappa shape index (κ2) is 5.07. The van der Waals surface area contributed by atoms with Crippen LogP contribution < -0.4 is 5.73 Å². The number of carbonyl (C=O) groups is 1. The molecule has 1 rings (SSSR count). The van der Waals surface area contributed by atoms with Gasteiger partial charge in [-0.05, 0) is 13.8 Å². The van der Waals surface area contributed by atoms with Crippen molar-refractivity contribution in [3.63, 3.8) is 0 Å². The second-order valence-corrected chi connectivity index (χ2v) is 4.84. The third-order valence-corrected chi connectivity index (χ3v) is 3.36. The minimum atomic E-state index is -0.875. The van der Waals surface area contributed by atoms with Crippen LogP contribution in [-0.4, -0.2) is 53.3 Å². The van der Waals surface area contributed by atoms with Gasteiger partial charge in [-0.3, -0.25) is 4.79 Å². The number of hydrogen-bond donors (Lipinski definition) is 2. The molecule has 0 aromatic carbocycles. The SMILES string of the molecule is CC(C)(C(=O)N1CCOCC1CO)C(N)=S. The third-order valence-electron chi connectivity index (χ3n) is 2.85. The van der Waals surface area contributed by atoms with Crippen molar-refractivity contribution in [3.05, 3.63) is 0 Å². The van der Waals surface area contributed by atoms with E-state index in [1.165, 1.54) is 0 Å². The Hall–Kier alpha value is -0.720. The van der Waals surface area contributed by atoms with E-state index in [4.69, 9.17) is 22.7 Å². The lowest BCUT2D eigenvalue weighted by Crippen LogP contribution is -2.56. The average Bonchev–Trinajstić information content (AvgIpc) is 2.27. The number of morpholine rings is 1. The van der Waals surface area contributed by atoms with E-state index in [0.29, 0.717) is 19.8 Å². The highest BCUT2D eigenvalue weighted by molar-refractivity contribution is 7.80. The Morgan fingerprint density at radius 3 is 2.81 bits per heavy atom. The lowest BCUT2D eigenvalue weighted by molar-refractivity contribution is -0.147. The maximum absolute atomic E-state index is 12.2. The molecule has 3 N–H and O–H groups in total. The van der Waals surface area contributed by atoms with Crippen LogP contribution in [0, 0.1) is 5.41 Å². The first-order chi connectivity index (χ1) is 7.41. The third kappa shape index (κ3) is 2.50. The van der Waals surface area contributed by atoms with Gasteiger partial charge < -0.3 is 20.5 Å². The van der Waals surface area contributed by atoms with E-state index in [-0.39, 0.29) is 23.5 Å². The Morgan fingerprint density at radius 2 is 2.31 bits per heavy atom. The number of amides is 1. The maximum atomic E-state index is 12.2. The summed E-state index contributed by atoms with van der Waals surface area (Å²) >= 11 is 4.89. The fourth-order valence-corrected chi connectivity index (χ4v) is 1.63. The molecular formula is C10H18N2O3S. The van der Waals surface area contributed by atoms with E-state index in [9.17, 15) is 9.90 Å². The highest BCUT2D eigenvalue weighted by atomic mass is 32.1. The minimum absolute atomic E-state index is 0.112. The van der Waals surface area contributed by atoms with Gasteiger partial charge in [0, 0.05) is 6.54 Å². The Labute approximate surface area is 101 Å². The largest absolute Gasteiger partial charge is 0.394 e. The quantitative estimate of drug-likeness (QED) is 0.658. The molecule has 92 valence electrons. The highest BCUT2D eigenvalue weighted by Crippen LogP contribution is 2.22. The zero-order chi connectivity index (χ0) is 12.3. The first kappa shape index (κ1) is 13.3. The molecule has 16 heavy (non-hydrogen) atoms. The van der Waals surface area contributed by atoms with E-state index < -0.39 is 5.41 Å². The number of nitrogens with two attached hydrogens (primary N) is 1. The summed E-state index contributed by atoms with van der Waals surface area (Å²) in [6.45, 7) is 4.59. The molecule has 1 aliphatic heterocycles. The molecule has 0 saturated carbocycles. The van der Waals surface area contributed by atoms with Crippen LogP contribution in [0.25, 0.3) is 0 Å². The minimum Gasteiger partial charge on any atom is -0.394 e. The summed E-state index contributed by atoms with van der Waals surface area (Å²) in [5.41, 5.74) is 4.68. The molecule has 0 aliphatic carbocycles. The summed E-state index contributed by atoms with van der Waals surface area (Å²) < 4.78 is 5.21. The second-order valence-electron chi connectivity index (χ2n) is 4.40. The van der Waals surface area contributed by atoms with Crippen LogP contribution in [0.2, 0.25) is 0 Å². The monoisotopic (exact) mass is 246 g/mol. The van der Waals surface area contributed by atoms with Gasteiger partial charge in [-0.1, -0.05) is 12.2 Å². The number of ether oxygens (including phenoxy) is 1. The predicted molar refractivity (Wildman–Crippen MR) is 64.0 cm³/mol. The van der Waals surface area contributed by atoms with E-state index >= 15 is 0 Å². The summed E-state index contributed by atoms with van der Waals surface area (Å²) in [5, 5.41) is 9.18.